The summed E-state index contributed by atoms with van der Waals surface area (Å²) in [5.41, 5.74) is 0. The zero-order valence-corrected chi connectivity index (χ0v) is 8.99. The quantitative estimate of drug-likeness (QED) is 0.672. The normalized spacial score (nSPS) is 20.2. The first-order chi connectivity index (χ1) is 6.63. The molecule has 1 rings (SSSR count). The Hall–Kier alpha value is -1.04. The molecule has 0 spiro atoms. The standard InChI is InChI=1S/C11H18N2O/c1-9-3-5-13(6-4-9)11(14)7-10(2)8-12/h9-10H,3-7H2,1-2H3. The Morgan fingerprint density at radius 1 is 1.57 bits per heavy atom. The lowest BCUT2D eigenvalue weighted by atomic mass is 9.98. The van der Waals surface area contributed by atoms with E-state index in [1.54, 1.807) is 6.92 Å². The van der Waals surface area contributed by atoms with E-state index in [4.69, 9.17) is 5.26 Å². The Kier molecular flexibility index (Phi) is 3.94. The molecular formula is C11H18N2O. The topological polar surface area (TPSA) is 44.1 Å². The largest absolute Gasteiger partial charge is 0.343 e. The van der Waals surface area contributed by atoms with Crippen LogP contribution in [0.2, 0.25) is 0 Å². The molecule has 1 atom stereocenters. The molecule has 1 aliphatic heterocycles. The average Bonchev–Trinajstić information content (AvgIpc) is 2.18. The van der Waals surface area contributed by atoms with Crippen molar-refractivity contribution in [1.82, 2.24) is 4.90 Å². The summed E-state index contributed by atoms with van der Waals surface area (Å²) in [7, 11) is 0. The monoisotopic (exact) mass is 194 g/mol. The first-order valence-corrected chi connectivity index (χ1v) is 5.31. The molecule has 0 aromatic carbocycles. The molecule has 1 saturated heterocycles. The summed E-state index contributed by atoms with van der Waals surface area (Å²) in [5.74, 6) is 0.736. The first-order valence-electron chi connectivity index (χ1n) is 5.31. The second-order valence-corrected chi connectivity index (χ2v) is 4.30. The minimum Gasteiger partial charge on any atom is -0.343 e. The number of carbonyl (C=O) groups is 1. The number of amides is 1. The molecule has 0 aliphatic carbocycles. The maximum absolute atomic E-state index is 11.6. The molecule has 0 bridgehead atoms. The highest BCUT2D eigenvalue weighted by Crippen LogP contribution is 2.17. The highest BCUT2D eigenvalue weighted by atomic mass is 16.2. The molecule has 0 saturated carbocycles. The third-order valence-corrected chi connectivity index (χ3v) is 2.84. The Balaban J connectivity index is 2.35. The van der Waals surface area contributed by atoms with Crippen molar-refractivity contribution in [3.05, 3.63) is 0 Å². The van der Waals surface area contributed by atoms with Crippen molar-refractivity contribution in [3.8, 4) is 6.07 Å². The zero-order chi connectivity index (χ0) is 10.6. The smallest absolute Gasteiger partial charge is 0.223 e. The highest BCUT2D eigenvalue weighted by molar-refractivity contribution is 5.76. The molecule has 0 radical (unpaired) electrons. The molecule has 1 fully saturated rings. The van der Waals surface area contributed by atoms with Gasteiger partial charge in [-0.3, -0.25) is 4.79 Å². The summed E-state index contributed by atoms with van der Waals surface area (Å²) in [6.45, 7) is 5.76. The molecule has 0 N–H and O–H groups in total. The summed E-state index contributed by atoms with van der Waals surface area (Å²) in [4.78, 5) is 13.5. The van der Waals surface area contributed by atoms with Gasteiger partial charge in [0.1, 0.15) is 0 Å². The van der Waals surface area contributed by atoms with Gasteiger partial charge in [-0.1, -0.05) is 6.92 Å². The van der Waals surface area contributed by atoms with Gasteiger partial charge in [-0.15, -0.1) is 0 Å². The van der Waals surface area contributed by atoms with E-state index in [0.717, 1.165) is 31.8 Å². The Morgan fingerprint density at radius 3 is 2.64 bits per heavy atom. The van der Waals surface area contributed by atoms with E-state index < -0.39 is 0 Å². The van der Waals surface area contributed by atoms with E-state index in [-0.39, 0.29) is 11.8 Å². The number of likely N-dealkylation sites (tertiary alicyclic amines) is 1. The number of carbonyl (C=O) groups excluding carboxylic acids is 1. The van der Waals surface area contributed by atoms with Crippen LogP contribution >= 0.6 is 0 Å². The van der Waals surface area contributed by atoms with Crippen LogP contribution in [0.25, 0.3) is 0 Å². The molecule has 0 aromatic rings. The Bertz CT molecular complexity index is 236. The number of hydrogen-bond donors (Lipinski definition) is 0. The average molecular weight is 194 g/mol. The number of nitriles is 1. The van der Waals surface area contributed by atoms with E-state index in [1.165, 1.54) is 0 Å². The lowest BCUT2D eigenvalue weighted by Crippen LogP contribution is -2.38. The van der Waals surface area contributed by atoms with Crippen LogP contribution in [0, 0.1) is 23.2 Å². The Labute approximate surface area is 85.7 Å². The molecule has 1 amide bonds. The lowest BCUT2D eigenvalue weighted by Gasteiger charge is -2.30. The number of piperidine rings is 1. The van der Waals surface area contributed by atoms with Crippen LogP contribution in [0.5, 0.6) is 0 Å². The number of rotatable bonds is 2. The van der Waals surface area contributed by atoms with E-state index in [0.29, 0.717) is 6.42 Å². The van der Waals surface area contributed by atoms with E-state index in [2.05, 4.69) is 13.0 Å². The third kappa shape index (κ3) is 3.02. The lowest BCUT2D eigenvalue weighted by molar-refractivity contribution is -0.133. The summed E-state index contributed by atoms with van der Waals surface area (Å²) in [6, 6.07) is 2.10. The van der Waals surface area contributed by atoms with Gasteiger partial charge in [0.15, 0.2) is 0 Å². The van der Waals surface area contributed by atoms with Crippen LogP contribution in [-0.4, -0.2) is 23.9 Å². The van der Waals surface area contributed by atoms with Crippen molar-refractivity contribution in [2.45, 2.75) is 33.1 Å². The molecule has 78 valence electrons. The molecule has 14 heavy (non-hydrogen) atoms. The van der Waals surface area contributed by atoms with Crippen molar-refractivity contribution in [2.24, 2.45) is 11.8 Å². The predicted octanol–water partition coefficient (Wildman–Crippen LogP) is 1.79. The molecule has 3 nitrogen and oxygen atoms in total. The molecule has 1 unspecified atom stereocenters. The second kappa shape index (κ2) is 4.99. The van der Waals surface area contributed by atoms with E-state index in [9.17, 15) is 4.79 Å². The van der Waals surface area contributed by atoms with Gasteiger partial charge < -0.3 is 4.90 Å². The second-order valence-electron chi connectivity index (χ2n) is 4.30. The third-order valence-electron chi connectivity index (χ3n) is 2.84. The predicted molar refractivity (Wildman–Crippen MR) is 54.4 cm³/mol. The molecular weight excluding hydrogens is 176 g/mol. The fourth-order valence-electron chi connectivity index (χ4n) is 1.69. The fourth-order valence-corrected chi connectivity index (χ4v) is 1.69. The molecule has 3 heteroatoms. The van der Waals surface area contributed by atoms with Gasteiger partial charge in [-0.25, -0.2) is 0 Å². The van der Waals surface area contributed by atoms with Gasteiger partial charge in [0, 0.05) is 19.5 Å². The van der Waals surface area contributed by atoms with E-state index in [1.807, 2.05) is 4.90 Å². The van der Waals surface area contributed by atoms with Crippen molar-refractivity contribution < 1.29 is 4.79 Å². The van der Waals surface area contributed by atoms with Crippen LogP contribution in [0.1, 0.15) is 33.1 Å². The zero-order valence-electron chi connectivity index (χ0n) is 8.99. The fraction of sp³-hybridized carbons (Fsp3) is 0.818. The van der Waals surface area contributed by atoms with Crippen molar-refractivity contribution in [3.63, 3.8) is 0 Å². The van der Waals surface area contributed by atoms with Gasteiger partial charge >= 0.3 is 0 Å². The van der Waals surface area contributed by atoms with Gasteiger partial charge in [-0.2, -0.15) is 5.26 Å². The summed E-state index contributed by atoms with van der Waals surface area (Å²) < 4.78 is 0. The van der Waals surface area contributed by atoms with Crippen LogP contribution in [0.4, 0.5) is 0 Å². The summed E-state index contributed by atoms with van der Waals surface area (Å²) >= 11 is 0. The molecule has 0 aromatic heterocycles. The van der Waals surface area contributed by atoms with Crippen LogP contribution in [0.15, 0.2) is 0 Å². The minimum atomic E-state index is -0.151. The molecule has 1 heterocycles. The summed E-state index contributed by atoms with van der Waals surface area (Å²) in [5, 5.41) is 8.60. The SMILES string of the molecule is CC(C#N)CC(=O)N1CCC(C)CC1. The Morgan fingerprint density at radius 2 is 2.14 bits per heavy atom. The van der Waals surface area contributed by atoms with Crippen molar-refractivity contribution >= 4 is 5.91 Å². The maximum atomic E-state index is 11.6. The number of hydrogen-bond acceptors (Lipinski definition) is 2. The highest BCUT2D eigenvalue weighted by Gasteiger charge is 2.21. The van der Waals surface area contributed by atoms with Gasteiger partial charge in [-0.05, 0) is 25.7 Å². The van der Waals surface area contributed by atoms with Gasteiger partial charge in [0.05, 0.1) is 12.0 Å². The first kappa shape index (κ1) is 11.0. The van der Waals surface area contributed by atoms with E-state index >= 15 is 0 Å². The number of nitrogens with zero attached hydrogens (tertiary/aromatic N) is 2. The van der Waals surface area contributed by atoms with Gasteiger partial charge in [0.25, 0.3) is 0 Å². The minimum absolute atomic E-state index is 0.144. The summed E-state index contributed by atoms with van der Waals surface area (Å²) in [6.07, 6.45) is 2.59. The van der Waals surface area contributed by atoms with Crippen LogP contribution < -0.4 is 0 Å². The molecule has 1 aliphatic rings. The van der Waals surface area contributed by atoms with Gasteiger partial charge in [0.2, 0.25) is 5.91 Å². The maximum Gasteiger partial charge on any atom is 0.223 e. The van der Waals surface area contributed by atoms with Crippen LogP contribution in [0.3, 0.4) is 0 Å². The van der Waals surface area contributed by atoms with Crippen molar-refractivity contribution in [2.75, 3.05) is 13.1 Å². The van der Waals surface area contributed by atoms with Crippen molar-refractivity contribution in [1.29, 1.82) is 5.26 Å². The van der Waals surface area contributed by atoms with Crippen LogP contribution in [-0.2, 0) is 4.79 Å².